The third kappa shape index (κ3) is 3.11. The minimum Gasteiger partial charge on any atom is -0.478 e. The lowest BCUT2D eigenvalue weighted by Gasteiger charge is -2.25. The van der Waals surface area contributed by atoms with Crippen molar-refractivity contribution in [2.24, 2.45) is 5.92 Å². The van der Waals surface area contributed by atoms with Gasteiger partial charge in [-0.05, 0) is 38.7 Å². The summed E-state index contributed by atoms with van der Waals surface area (Å²) in [6, 6.07) is 0. The maximum atomic E-state index is 5.59. The molecule has 0 N–H and O–H groups in total. The van der Waals surface area contributed by atoms with Crippen LogP contribution in [0.15, 0.2) is 0 Å². The Bertz CT molecular complexity index is 192. The van der Waals surface area contributed by atoms with Crippen LogP contribution in [0, 0.1) is 5.92 Å². The largest absolute Gasteiger partial charge is 0.478 e. The molecule has 0 aliphatic carbocycles. The quantitative estimate of drug-likeness (QED) is 0.665. The molecular formula is C9H16O2S2. The van der Waals surface area contributed by atoms with Crippen LogP contribution in [0.1, 0.15) is 20.3 Å². The topological polar surface area (TPSA) is 18.5 Å². The first kappa shape index (κ1) is 11.3. The summed E-state index contributed by atoms with van der Waals surface area (Å²) in [5.74, 6) is 0.470. The van der Waals surface area contributed by atoms with E-state index in [1.807, 2.05) is 6.26 Å². The molecule has 4 heteroatoms. The van der Waals surface area contributed by atoms with Crippen LogP contribution in [0.3, 0.4) is 0 Å². The Hall–Kier alpha value is 0.200. The molecule has 76 valence electrons. The van der Waals surface area contributed by atoms with Gasteiger partial charge in [-0.1, -0.05) is 11.8 Å². The SMILES string of the molecule is CSC(=S)OCC1CCOC1(C)C. The van der Waals surface area contributed by atoms with E-state index in [1.54, 1.807) is 0 Å². The zero-order valence-corrected chi connectivity index (χ0v) is 9.96. The second-order valence-electron chi connectivity index (χ2n) is 3.70. The van der Waals surface area contributed by atoms with E-state index in [0.29, 0.717) is 16.9 Å². The summed E-state index contributed by atoms with van der Waals surface area (Å²) in [6.07, 6.45) is 3.00. The molecule has 2 nitrogen and oxygen atoms in total. The molecule has 0 aromatic carbocycles. The fourth-order valence-electron chi connectivity index (χ4n) is 1.44. The smallest absolute Gasteiger partial charge is 0.219 e. The van der Waals surface area contributed by atoms with Crippen LogP contribution in [0.25, 0.3) is 0 Å². The maximum Gasteiger partial charge on any atom is 0.219 e. The van der Waals surface area contributed by atoms with Crippen molar-refractivity contribution in [3.63, 3.8) is 0 Å². The summed E-state index contributed by atoms with van der Waals surface area (Å²) in [5, 5.41) is 0. The molecule has 0 aromatic heterocycles. The highest BCUT2D eigenvalue weighted by molar-refractivity contribution is 8.22. The average Bonchev–Trinajstić information content (AvgIpc) is 2.41. The molecule has 0 saturated carbocycles. The minimum atomic E-state index is -0.0476. The first-order valence-electron chi connectivity index (χ1n) is 4.41. The van der Waals surface area contributed by atoms with Crippen molar-refractivity contribution in [1.29, 1.82) is 0 Å². The molecule has 1 rings (SSSR count). The number of ether oxygens (including phenoxy) is 2. The molecule has 1 saturated heterocycles. The lowest BCUT2D eigenvalue weighted by atomic mass is 9.92. The van der Waals surface area contributed by atoms with Gasteiger partial charge in [-0.2, -0.15) is 0 Å². The minimum absolute atomic E-state index is 0.0476. The third-order valence-electron chi connectivity index (χ3n) is 2.49. The van der Waals surface area contributed by atoms with E-state index in [0.717, 1.165) is 13.0 Å². The van der Waals surface area contributed by atoms with Gasteiger partial charge in [-0.15, -0.1) is 0 Å². The fourth-order valence-corrected chi connectivity index (χ4v) is 1.70. The summed E-state index contributed by atoms with van der Waals surface area (Å²) in [4.78, 5) is 0. The van der Waals surface area contributed by atoms with Crippen LogP contribution in [0.2, 0.25) is 0 Å². The fraction of sp³-hybridized carbons (Fsp3) is 0.889. The average molecular weight is 220 g/mol. The number of thiocarbonyl (C=S) groups is 1. The summed E-state index contributed by atoms with van der Waals surface area (Å²) in [6.45, 7) is 5.74. The third-order valence-corrected chi connectivity index (χ3v) is 3.56. The molecule has 0 aromatic rings. The van der Waals surface area contributed by atoms with Crippen molar-refractivity contribution in [3.8, 4) is 0 Å². The first-order valence-corrected chi connectivity index (χ1v) is 6.04. The van der Waals surface area contributed by atoms with Crippen LogP contribution >= 0.6 is 24.0 Å². The van der Waals surface area contributed by atoms with Crippen LogP contribution in [0.4, 0.5) is 0 Å². The summed E-state index contributed by atoms with van der Waals surface area (Å²) in [5.41, 5.74) is -0.0476. The Morgan fingerprint density at radius 1 is 1.69 bits per heavy atom. The lowest BCUT2D eigenvalue weighted by Crippen LogP contribution is -2.30. The number of hydrogen-bond acceptors (Lipinski definition) is 4. The van der Waals surface area contributed by atoms with Gasteiger partial charge in [0.2, 0.25) is 4.38 Å². The van der Waals surface area contributed by atoms with E-state index in [1.165, 1.54) is 11.8 Å². The van der Waals surface area contributed by atoms with Crippen molar-refractivity contribution in [2.75, 3.05) is 19.5 Å². The van der Waals surface area contributed by atoms with E-state index in [-0.39, 0.29) is 5.60 Å². The zero-order chi connectivity index (χ0) is 9.90. The van der Waals surface area contributed by atoms with E-state index in [9.17, 15) is 0 Å². The molecule has 1 heterocycles. The molecule has 13 heavy (non-hydrogen) atoms. The standard InChI is InChI=1S/C9H16O2S2/c1-9(2)7(4-5-11-9)6-10-8(12)13-3/h7H,4-6H2,1-3H3. The molecule has 0 amide bonds. The number of rotatable bonds is 2. The molecule has 0 spiro atoms. The highest BCUT2D eigenvalue weighted by Crippen LogP contribution is 2.31. The lowest BCUT2D eigenvalue weighted by molar-refractivity contribution is -0.000466. The molecule has 1 aliphatic heterocycles. The van der Waals surface area contributed by atoms with Crippen LogP contribution < -0.4 is 0 Å². The number of hydrogen-bond donors (Lipinski definition) is 0. The Labute approximate surface area is 89.4 Å². The summed E-state index contributed by atoms with van der Waals surface area (Å²) >= 11 is 6.44. The highest BCUT2D eigenvalue weighted by atomic mass is 32.2. The van der Waals surface area contributed by atoms with Gasteiger partial charge in [0.05, 0.1) is 12.2 Å². The van der Waals surface area contributed by atoms with Gasteiger partial charge in [0.1, 0.15) is 0 Å². The van der Waals surface area contributed by atoms with E-state index in [2.05, 4.69) is 13.8 Å². The summed E-state index contributed by atoms with van der Waals surface area (Å²) in [7, 11) is 0. The molecular weight excluding hydrogens is 204 g/mol. The second kappa shape index (κ2) is 4.62. The van der Waals surface area contributed by atoms with Gasteiger partial charge >= 0.3 is 0 Å². The predicted molar refractivity (Wildman–Crippen MR) is 60.2 cm³/mol. The van der Waals surface area contributed by atoms with Crippen LogP contribution in [-0.2, 0) is 9.47 Å². The Morgan fingerprint density at radius 2 is 2.38 bits per heavy atom. The number of thioether (sulfide) groups is 1. The predicted octanol–water partition coefficient (Wildman–Crippen LogP) is 2.47. The van der Waals surface area contributed by atoms with Gasteiger partial charge in [0.15, 0.2) is 0 Å². The molecule has 1 unspecified atom stereocenters. The monoisotopic (exact) mass is 220 g/mol. The van der Waals surface area contributed by atoms with Crippen molar-refractivity contribution in [3.05, 3.63) is 0 Å². The van der Waals surface area contributed by atoms with E-state index < -0.39 is 0 Å². The van der Waals surface area contributed by atoms with Crippen molar-refractivity contribution in [1.82, 2.24) is 0 Å². The van der Waals surface area contributed by atoms with E-state index in [4.69, 9.17) is 21.7 Å². The molecule has 1 fully saturated rings. The van der Waals surface area contributed by atoms with Gasteiger partial charge < -0.3 is 9.47 Å². The second-order valence-corrected chi connectivity index (χ2v) is 5.11. The Morgan fingerprint density at radius 3 is 2.85 bits per heavy atom. The Kier molecular flexibility index (Phi) is 4.01. The normalized spacial score (nSPS) is 25.9. The highest BCUT2D eigenvalue weighted by Gasteiger charge is 2.36. The van der Waals surface area contributed by atoms with Gasteiger partial charge in [0, 0.05) is 12.5 Å². The first-order chi connectivity index (χ1) is 6.06. The van der Waals surface area contributed by atoms with Crippen LogP contribution in [0.5, 0.6) is 0 Å². The van der Waals surface area contributed by atoms with Gasteiger partial charge in [-0.3, -0.25) is 0 Å². The molecule has 1 aliphatic rings. The van der Waals surface area contributed by atoms with Crippen LogP contribution in [-0.4, -0.2) is 29.5 Å². The van der Waals surface area contributed by atoms with Crippen molar-refractivity contribution < 1.29 is 9.47 Å². The molecule has 0 bridgehead atoms. The van der Waals surface area contributed by atoms with Gasteiger partial charge in [-0.25, -0.2) is 0 Å². The van der Waals surface area contributed by atoms with Crippen molar-refractivity contribution >= 4 is 28.4 Å². The van der Waals surface area contributed by atoms with E-state index >= 15 is 0 Å². The maximum absolute atomic E-state index is 5.59. The molecule has 1 atom stereocenters. The molecule has 0 radical (unpaired) electrons. The summed E-state index contributed by atoms with van der Waals surface area (Å²) < 4.78 is 11.6. The van der Waals surface area contributed by atoms with Gasteiger partial charge in [0.25, 0.3) is 0 Å². The van der Waals surface area contributed by atoms with Crippen molar-refractivity contribution in [2.45, 2.75) is 25.9 Å². The zero-order valence-electron chi connectivity index (χ0n) is 8.33. The Balaban J connectivity index is 2.33.